The number of hydrogen-bond donors (Lipinski definition) is 0. The Morgan fingerprint density at radius 2 is 0.720 bits per heavy atom. The van der Waals surface area contributed by atoms with Gasteiger partial charge in [-0.25, -0.2) is 0 Å². The van der Waals surface area contributed by atoms with Gasteiger partial charge in [0.15, 0.2) is 6.29 Å². The second-order valence-corrected chi connectivity index (χ2v) is 18.7. The van der Waals surface area contributed by atoms with Crippen LogP contribution in [-0.4, -0.2) is 81.2 Å². The molecule has 0 spiro atoms. The second kappa shape index (κ2) is 28.1. The first kappa shape index (κ1) is 53.7. The van der Waals surface area contributed by atoms with Gasteiger partial charge >= 0.3 is 0 Å². The molecule has 4 unspecified atom stereocenters. The highest BCUT2D eigenvalue weighted by atomic mass is 16.8. The smallest absolute Gasteiger partial charge is 0.217 e. The zero-order valence-electron chi connectivity index (χ0n) is 42.5. The first-order valence-corrected chi connectivity index (χ1v) is 25.8. The Balaban J connectivity index is 1.09. The van der Waals surface area contributed by atoms with Gasteiger partial charge in [-0.05, 0) is 45.0 Å². The van der Waals surface area contributed by atoms with Crippen LogP contribution in [0.5, 0.6) is 0 Å². The minimum Gasteiger partial charge on any atom is -0.374 e. The lowest BCUT2D eigenvalue weighted by atomic mass is 9.91. The third-order valence-electron chi connectivity index (χ3n) is 13.4. The van der Waals surface area contributed by atoms with Gasteiger partial charge in [0.2, 0.25) is 5.79 Å². The summed E-state index contributed by atoms with van der Waals surface area (Å²) in [5.74, 6) is -1.68. The lowest BCUT2D eigenvalue weighted by molar-refractivity contribution is -0.377. The van der Waals surface area contributed by atoms with E-state index in [1.54, 1.807) is 13.2 Å². The quantitative estimate of drug-likeness (QED) is 0.0460. The van der Waals surface area contributed by atoms with Crippen molar-refractivity contribution < 1.29 is 52.1 Å². The van der Waals surface area contributed by atoms with Gasteiger partial charge in [0.25, 0.3) is 0 Å². The first-order valence-electron chi connectivity index (χ1n) is 25.8. The molecule has 10 atom stereocenters. The third kappa shape index (κ3) is 15.0. The Kier molecular flexibility index (Phi) is 20.1. The maximum Gasteiger partial charge on any atom is 0.217 e. The van der Waals surface area contributed by atoms with Crippen LogP contribution in [0, 0.1) is 0 Å². The van der Waals surface area contributed by atoms with E-state index in [2.05, 4.69) is 6.58 Å². The summed E-state index contributed by atoms with van der Waals surface area (Å²) in [6.07, 6.45) is -5.46. The molecule has 2 fully saturated rings. The van der Waals surface area contributed by atoms with Gasteiger partial charge in [-0.2, -0.15) is 0 Å². The maximum atomic E-state index is 7.32. The molecule has 2 saturated heterocycles. The minimum atomic E-state index is -1.68. The topological polar surface area (TPSA) is 102 Å². The summed E-state index contributed by atoms with van der Waals surface area (Å²) < 4.78 is 76.1. The van der Waals surface area contributed by atoms with E-state index in [1.165, 1.54) is 0 Å². The Morgan fingerprint density at radius 3 is 1.11 bits per heavy atom. The van der Waals surface area contributed by atoms with Gasteiger partial charge in [0.05, 0.1) is 59.5 Å². The fourth-order valence-electron chi connectivity index (χ4n) is 9.49. The van der Waals surface area contributed by atoms with Crippen LogP contribution < -0.4 is 0 Å². The molecule has 0 aliphatic carbocycles. The molecule has 9 rings (SSSR count). The van der Waals surface area contributed by atoms with Crippen LogP contribution in [0.15, 0.2) is 225 Å². The Labute approximate surface area is 441 Å². The highest BCUT2D eigenvalue weighted by molar-refractivity contribution is 5.20. The van der Waals surface area contributed by atoms with Crippen LogP contribution in [0.4, 0.5) is 0 Å². The van der Waals surface area contributed by atoms with E-state index in [4.69, 9.17) is 52.1 Å². The molecule has 0 bridgehead atoms. The van der Waals surface area contributed by atoms with Crippen LogP contribution in [-0.2, 0) is 98.4 Å². The average Bonchev–Trinajstić information content (AvgIpc) is 3.47. The predicted octanol–water partition coefficient (Wildman–Crippen LogP) is 11.4. The van der Waals surface area contributed by atoms with Crippen molar-refractivity contribution >= 4 is 0 Å². The predicted molar refractivity (Wildman–Crippen MR) is 286 cm³/mol. The van der Waals surface area contributed by atoms with E-state index >= 15 is 0 Å². The van der Waals surface area contributed by atoms with Crippen molar-refractivity contribution in [2.24, 2.45) is 0 Å². The van der Waals surface area contributed by atoms with Crippen LogP contribution in [0.3, 0.4) is 0 Å². The molecule has 11 nitrogen and oxygen atoms in total. The van der Waals surface area contributed by atoms with Gasteiger partial charge in [-0.15, -0.1) is 0 Å². The normalized spacial score (nSPS) is 24.6. The first-order chi connectivity index (χ1) is 37.1. The SMILES string of the molecule is C=C[C@]1(OCC2O[C@H](OC)C(OCc3ccccc3)[C@H](OCc3ccccc3)[C@@H]2OCc2ccccc2)OC(COCc2ccccc2)[C@H](OCc2ccccc2)[C@@H](OCc2ccccc2)C1OCc1ccccc1. The van der Waals surface area contributed by atoms with E-state index < -0.39 is 60.9 Å². The van der Waals surface area contributed by atoms with Gasteiger partial charge in [-0.1, -0.05) is 219 Å². The zero-order chi connectivity index (χ0) is 51.3. The molecule has 0 aromatic heterocycles. The van der Waals surface area contributed by atoms with E-state index in [1.807, 2.05) is 212 Å². The average molecular weight is 1010 g/mol. The molecule has 0 N–H and O–H groups in total. The molecule has 2 heterocycles. The van der Waals surface area contributed by atoms with Crippen molar-refractivity contribution in [3.05, 3.63) is 264 Å². The van der Waals surface area contributed by atoms with Crippen molar-refractivity contribution in [1.29, 1.82) is 0 Å². The molecule has 7 aromatic rings. The van der Waals surface area contributed by atoms with Crippen LogP contribution in [0.2, 0.25) is 0 Å². The summed E-state index contributed by atoms with van der Waals surface area (Å²) in [6.45, 7) is 6.31. The molecule has 0 saturated carbocycles. The van der Waals surface area contributed by atoms with Gasteiger partial charge in [0.1, 0.15) is 48.8 Å². The third-order valence-corrected chi connectivity index (χ3v) is 13.4. The van der Waals surface area contributed by atoms with Crippen LogP contribution >= 0.6 is 0 Å². The molecule has 7 aromatic carbocycles. The fraction of sp³-hybridized carbons (Fsp3) is 0.312. The number of hydrogen-bond acceptors (Lipinski definition) is 11. The summed E-state index contributed by atoms with van der Waals surface area (Å²) in [5.41, 5.74) is 6.87. The van der Waals surface area contributed by atoms with E-state index in [0.717, 1.165) is 38.9 Å². The maximum absolute atomic E-state index is 7.32. The minimum absolute atomic E-state index is 0.0916. The standard InChI is InChI=1S/C64H68O11/c1-3-64(73-47-55-57(67-40-49-27-13-5-14-28-49)59(69-42-51-31-17-7-18-32-51)61(63(65-2)74-55)71-44-53-35-21-9-22-36-53)62(72-45-54-37-23-10-24-38-54)60(70-43-52-33-19-8-20-34-52)58(68-41-50-29-15-6-16-30-50)56(75-64)46-66-39-48-25-11-4-12-26-48/h3-38,55-63H,1,39-47H2,2H3/t55?,56?,57-,58+,59-,60-,61?,62?,63+,64+/m1/s1. The van der Waals surface area contributed by atoms with Gasteiger partial charge < -0.3 is 52.1 Å². The lowest BCUT2D eigenvalue weighted by Crippen LogP contribution is -2.68. The number of methoxy groups -OCH3 is 1. The molecular weight excluding hydrogens is 945 g/mol. The zero-order valence-corrected chi connectivity index (χ0v) is 42.5. The summed E-state index contributed by atoms with van der Waals surface area (Å²) in [6, 6.07) is 70.2. The largest absolute Gasteiger partial charge is 0.374 e. The molecule has 0 amide bonds. The van der Waals surface area contributed by atoms with Crippen molar-refractivity contribution in [2.45, 2.75) is 107 Å². The number of benzene rings is 7. The highest BCUT2D eigenvalue weighted by Gasteiger charge is 2.58. The van der Waals surface area contributed by atoms with Crippen molar-refractivity contribution in [1.82, 2.24) is 0 Å². The second-order valence-electron chi connectivity index (χ2n) is 18.7. The molecule has 2 aliphatic rings. The van der Waals surface area contributed by atoms with E-state index in [9.17, 15) is 0 Å². The lowest BCUT2D eigenvalue weighted by Gasteiger charge is -2.52. The fourth-order valence-corrected chi connectivity index (χ4v) is 9.49. The van der Waals surface area contributed by atoms with Crippen LogP contribution in [0.1, 0.15) is 38.9 Å². The number of rotatable bonds is 27. The van der Waals surface area contributed by atoms with Gasteiger partial charge in [0, 0.05) is 7.11 Å². The molecule has 0 radical (unpaired) electrons. The van der Waals surface area contributed by atoms with Gasteiger partial charge in [-0.3, -0.25) is 0 Å². The Bertz CT molecular complexity index is 2670. The summed E-state index contributed by atoms with van der Waals surface area (Å²) in [4.78, 5) is 0. The van der Waals surface area contributed by atoms with E-state index in [-0.39, 0.29) is 52.9 Å². The summed E-state index contributed by atoms with van der Waals surface area (Å²) >= 11 is 0. The summed E-state index contributed by atoms with van der Waals surface area (Å²) in [5, 5.41) is 0. The molecular formula is C64H68O11. The highest BCUT2D eigenvalue weighted by Crippen LogP contribution is 2.40. The monoisotopic (exact) mass is 1010 g/mol. The molecule has 11 heteroatoms. The van der Waals surface area contributed by atoms with Crippen molar-refractivity contribution in [3.63, 3.8) is 0 Å². The Hall–Kier alpha value is -6.16. The molecule has 2 aliphatic heterocycles. The Morgan fingerprint density at radius 1 is 0.387 bits per heavy atom. The summed E-state index contributed by atoms with van der Waals surface area (Å²) in [7, 11) is 1.61. The van der Waals surface area contributed by atoms with Crippen molar-refractivity contribution in [3.8, 4) is 0 Å². The number of ether oxygens (including phenoxy) is 11. The van der Waals surface area contributed by atoms with Crippen molar-refractivity contribution in [2.75, 3.05) is 20.3 Å². The molecule has 390 valence electrons. The van der Waals surface area contributed by atoms with Crippen LogP contribution in [0.25, 0.3) is 0 Å². The van der Waals surface area contributed by atoms with E-state index in [0.29, 0.717) is 6.61 Å². The molecule has 75 heavy (non-hydrogen) atoms.